The van der Waals surface area contributed by atoms with Crippen molar-refractivity contribution < 1.29 is 52.7 Å². The smallest absolute Gasteiger partial charge is 0.410 e. The molecule has 4 saturated carbocycles. The van der Waals surface area contributed by atoms with Crippen LogP contribution in [0.2, 0.25) is 0 Å². The van der Waals surface area contributed by atoms with Crippen molar-refractivity contribution in [1.29, 1.82) is 0 Å². The van der Waals surface area contributed by atoms with Crippen LogP contribution in [0.15, 0.2) is 47.0 Å². The van der Waals surface area contributed by atoms with E-state index >= 15 is 0 Å². The van der Waals surface area contributed by atoms with Gasteiger partial charge in [0.2, 0.25) is 30.8 Å². The van der Waals surface area contributed by atoms with E-state index in [9.17, 15) is 38.5 Å². The number of pyridine rings is 2. The van der Waals surface area contributed by atoms with Crippen molar-refractivity contribution >= 4 is 78.5 Å². The van der Waals surface area contributed by atoms with Crippen LogP contribution in [0.1, 0.15) is 120 Å². The Kier molecular flexibility index (Phi) is 17.1. The third-order valence-electron chi connectivity index (χ3n) is 13.5. The fourth-order valence-electron chi connectivity index (χ4n) is 8.30. The number of nitrogens with one attached hydrogen (secondary N) is 2. The van der Waals surface area contributed by atoms with Gasteiger partial charge in [0.05, 0.1) is 54.9 Å². The van der Waals surface area contributed by atoms with Crippen molar-refractivity contribution in [3.8, 4) is 11.8 Å². The van der Waals surface area contributed by atoms with E-state index in [1.807, 2.05) is 34.6 Å². The minimum absolute atomic E-state index is 0.0783. The predicted molar refractivity (Wildman–Crippen MR) is 285 cm³/mol. The lowest BCUT2D eigenvalue weighted by Crippen LogP contribution is -2.44. The van der Waals surface area contributed by atoms with Crippen LogP contribution in [0.25, 0.3) is 0 Å². The summed E-state index contributed by atoms with van der Waals surface area (Å²) in [4.78, 5) is 39.8. The number of hydrogen-bond acceptors (Lipinski definition) is 20. The molecule has 1 amide bonds. The Bertz CT molecular complexity index is 3240. The van der Waals surface area contributed by atoms with Crippen LogP contribution in [-0.2, 0) is 43.5 Å². The first-order valence-electron chi connectivity index (χ1n) is 25.5. The maximum atomic E-state index is 12.5. The maximum absolute atomic E-state index is 12.5. The van der Waals surface area contributed by atoms with Crippen LogP contribution < -0.4 is 20.1 Å². The third kappa shape index (κ3) is 14.6. The number of hydrogen-bond donors (Lipinski definition) is 2. The largest absolute Gasteiger partial charge is 0.474 e. The number of aromatic nitrogens is 6. The molecule has 6 fully saturated rings. The second-order valence-electron chi connectivity index (χ2n) is 21.0. The lowest BCUT2D eigenvalue weighted by atomic mass is 10.1. The first-order chi connectivity index (χ1) is 35.7. The molecule has 2 aliphatic heterocycles. The van der Waals surface area contributed by atoms with Gasteiger partial charge in [-0.05, 0) is 137 Å². The van der Waals surface area contributed by atoms with Crippen molar-refractivity contribution in [2.45, 2.75) is 174 Å². The van der Waals surface area contributed by atoms with Crippen LogP contribution in [0.5, 0.6) is 11.8 Å². The van der Waals surface area contributed by atoms with Crippen LogP contribution in [0, 0.1) is 27.7 Å². The molecule has 22 nitrogen and oxygen atoms in total. The van der Waals surface area contributed by atoms with E-state index in [0.29, 0.717) is 129 Å². The molecule has 4 aromatic rings. The summed E-state index contributed by atoms with van der Waals surface area (Å²) in [5.41, 5.74) is 3.37. The number of likely N-dealkylation sites (tertiary alicyclic amines) is 1. The first-order valence-corrected chi connectivity index (χ1v) is 32.5. The van der Waals surface area contributed by atoms with Crippen molar-refractivity contribution in [3.63, 3.8) is 0 Å². The van der Waals surface area contributed by atoms with Crippen LogP contribution in [-0.4, -0.2) is 144 Å². The molecule has 76 heavy (non-hydrogen) atoms. The van der Waals surface area contributed by atoms with Gasteiger partial charge in [-0.2, -0.15) is 0 Å². The predicted octanol–water partition coefficient (Wildman–Crippen LogP) is 7.17. The quantitative estimate of drug-likeness (QED) is 0.112. The normalized spacial score (nSPS) is 19.1. The number of sulfone groups is 2. The van der Waals surface area contributed by atoms with E-state index in [2.05, 4.69) is 40.5 Å². The molecule has 2 N–H and O–H groups in total. The molecule has 4 aromatic heterocycles. The number of piperidine rings is 2. The second-order valence-corrected chi connectivity index (χ2v) is 30.5. The molecule has 0 spiro atoms. The fourth-order valence-corrected chi connectivity index (χ4v) is 14.6. The van der Waals surface area contributed by atoms with Gasteiger partial charge in [0.1, 0.15) is 42.1 Å². The molecule has 10 rings (SSSR count). The van der Waals surface area contributed by atoms with E-state index in [1.54, 1.807) is 35.2 Å². The maximum Gasteiger partial charge on any atom is 0.410 e. The van der Waals surface area contributed by atoms with Gasteiger partial charge in [-0.1, -0.05) is 0 Å². The summed E-state index contributed by atoms with van der Waals surface area (Å²) in [6.45, 7) is 14.8. The van der Waals surface area contributed by atoms with Crippen molar-refractivity contribution in [2.24, 2.45) is 0 Å². The molecular formula is C49H67ClN10O12S4. The Labute approximate surface area is 450 Å². The standard InChI is InChI=1S/C24H33N5O5S.C22H29N5O5S2.C3H5ClO2S/c1-15-21(28-19-8-9-20(27-16(19)2)35(31,32)18-6-7-18)25-14-26-22(15)33-17-10-12-29(13-11-17)23(30)34-24(3,4)5;1-14-21(26-19-7-8-20(25-15(19)2)33(28,29)17-3-4-17)23-13-24-22(14)32-16-9-11-27(12-10-16)34(30,31)18-5-6-18;4-7(5,6)3-1-2-3/h8-9,14,17-18H,6-7,10-13H2,1-5H3,(H,25,26,28);7-8,13,16-18H,3-6,9-12H2,1-2H3,(H,23,24,26);3H,1-2H2. The van der Waals surface area contributed by atoms with Gasteiger partial charge in [0.15, 0.2) is 29.7 Å². The number of halogens is 1. The molecule has 0 aromatic carbocycles. The molecule has 6 heterocycles. The van der Waals surface area contributed by atoms with E-state index in [-0.39, 0.29) is 49.4 Å². The molecule has 416 valence electrons. The number of rotatable bonds is 15. The van der Waals surface area contributed by atoms with Gasteiger partial charge in [-0.3, -0.25) is 0 Å². The third-order valence-corrected chi connectivity index (χ3v) is 22.2. The fraction of sp³-hybridized carbons (Fsp3) is 0.612. The Hall–Kier alpha value is -5.02. The summed E-state index contributed by atoms with van der Waals surface area (Å²) in [6, 6.07) is 6.48. The second kappa shape index (κ2) is 22.8. The highest BCUT2D eigenvalue weighted by molar-refractivity contribution is 8.14. The van der Waals surface area contributed by atoms with Crippen LogP contribution >= 0.6 is 10.7 Å². The summed E-state index contributed by atoms with van der Waals surface area (Å²) in [7, 11) is -8.10. The Morgan fingerprint density at radius 3 is 1.30 bits per heavy atom. The molecule has 6 aliphatic rings. The molecule has 4 aliphatic carbocycles. The van der Waals surface area contributed by atoms with Gasteiger partial charge < -0.3 is 29.7 Å². The van der Waals surface area contributed by atoms with Crippen molar-refractivity contribution in [1.82, 2.24) is 39.1 Å². The molecule has 0 bridgehead atoms. The lowest BCUT2D eigenvalue weighted by Gasteiger charge is -2.33. The lowest BCUT2D eigenvalue weighted by molar-refractivity contribution is 0.0122. The summed E-state index contributed by atoms with van der Waals surface area (Å²) >= 11 is 0. The number of nitrogens with zero attached hydrogens (tertiary/aromatic N) is 8. The van der Waals surface area contributed by atoms with Gasteiger partial charge in [-0.15, -0.1) is 0 Å². The average molecular weight is 1150 g/mol. The van der Waals surface area contributed by atoms with Crippen LogP contribution in [0.4, 0.5) is 27.8 Å². The molecular weight excluding hydrogens is 1080 g/mol. The number of amides is 1. The van der Waals surface area contributed by atoms with Gasteiger partial charge in [0.25, 0.3) is 0 Å². The Morgan fingerprint density at radius 2 is 0.961 bits per heavy atom. The molecule has 0 radical (unpaired) electrons. The zero-order valence-electron chi connectivity index (χ0n) is 43.7. The minimum atomic E-state index is -3.35. The highest BCUT2D eigenvalue weighted by atomic mass is 35.7. The van der Waals surface area contributed by atoms with Crippen LogP contribution in [0.3, 0.4) is 0 Å². The van der Waals surface area contributed by atoms with Gasteiger partial charge in [0, 0.05) is 49.7 Å². The van der Waals surface area contributed by atoms with Crippen molar-refractivity contribution in [3.05, 3.63) is 59.4 Å². The van der Waals surface area contributed by atoms with Gasteiger partial charge in [-0.25, -0.2) is 72.7 Å². The average Bonchev–Trinajstić information content (AvgIpc) is 4.15. The number of carbonyl (C=O) groups is 1. The zero-order chi connectivity index (χ0) is 55.0. The molecule has 0 atom stereocenters. The molecule has 2 saturated heterocycles. The zero-order valence-corrected chi connectivity index (χ0v) is 47.8. The topological polar surface area (TPSA) is 289 Å². The number of carbonyl (C=O) groups excluding carboxylic acids is 1. The Morgan fingerprint density at radius 1 is 0.566 bits per heavy atom. The number of anilines is 4. The summed E-state index contributed by atoms with van der Waals surface area (Å²) in [6.07, 6.45) is 10.7. The molecule has 27 heteroatoms. The summed E-state index contributed by atoms with van der Waals surface area (Å²) in [5, 5.41) is 5.66. The highest BCUT2D eigenvalue weighted by Gasteiger charge is 2.42. The molecule has 0 unspecified atom stereocenters. The SMILES string of the molecule is Cc1nc(S(=O)(=O)C2CC2)ccc1Nc1ncnc(OC2CCN(C(=O)OC(C)(C)C)CC2)c1C.Cc1nc(S(=O)(=O)C2CC2)ccc1Nc1ncnc(OC2CCN(S(=O)(=O)C3CC3)CC2)c1C.O=S(=O)(Cl)C1CC1. The first kappa shape index (κ1) is 57.2. The van der Waals surface area contributed by atoms with E-state index in [1.165, 1.54) is 24.8 Å². The Balaban J connectivity index is 0.000000178. The number of ether oxygens (including phenoxy) is 3. The van der Waals surface area contributed by atoms with E-state index < -0.39 is 44.3 Å². The number of sulfonamides is 1. The monoisotopic (exact) mass is 1150 g/mol. The number of aryl methyl sites for hydroxylation is 2. The summed E-state index contributed by atoms with van der Waals surface area (Å²) in [5.74, 6) is 2.02. The minimum Gasteiger partial charge on any atom is -0.474 e. The highest BCUT2D eigenvalue weighted by Crippen LogP contribution is 2.37. The van der Waals surface area contributed by atoms with E-state index in [0.717, 1.165) is 31.2 Å². The summed E-state index contributed by atoms with van der Waals surface area (Å²) < 4.78 is 114. The van der Waals surface area contributed by atoms with E-state index in [4.69, 9.17) is 24.9 Å². The van der Waals surface area contributed by atoms with Crippen molar-refractivity contribution in [2.75, 3.05) is 36.8 Å². The van der Waals surface area contributed by atoms with Gasteiger partial charge >= 0.3 is 6.09 Å².